The molecule has 0 aliphatic heterocycles. The summed E-state index contributed by atoms with van der Waals surface area (Å²) in [6.07, 6.45) is 3.30. The second-order valence-corrected chi connectivity index (χ2v) is 9.03. The predicted octanol–water partition coefficient (Wildman–Crippen LogP) is 2.76. The lowest BCUT2D eigenvalue weighted by Gasteiger charge is -2.22. The standard InChI is InChI=1S/C18H25N3O4S/c1-12(20-26(24)18(2,3)4)13-6-14(8-16(7-13)25-5)15-9-19-21(10-15)11-17(22)23/h6-10,12,20H,11H2,1-5H3,(H,22,23)/t12-,26?/m1/s1. The molecule has 0 saturated carbocycles. The maximum atomic E-state index is 12.4. The van der Waals surface area contributed by atoms with Gasteiger partial charge in [0.2, 0.25) is 0 Å². The van der Waals surface area contributed by atoms with E-state index in [0.717, 1.165) is 16.7 Å². The van der Waals surface area contributed by atoms with Gasteiger partial charge in [0.25, 0.3) is 0 Å². The van der Waals surface area contributed by atoms with Gasteiger partial charge >= 0.3 is 5.97 Å². The second kappa shape index (κ2) is 8.01. The van der Waals surface area contributed by atoms with Crippen LogP contribution < -0.4 is 9.46 Å². The first kappa shape index (κ1) is 20.1. The third-order valence-electron chi connectivity index (χ3n) is 3.77. The molecule has 1 unspecified atom stereocenters. The van der Waals surface area contributed by atoms with E-state index in [1.165, 1.54) is 4.68 Å². The van der Waals surface area contributed by atoms with Crippen molar-refractivity contribution in [3.05, 3.63) is 36.2 Å². The average molecular weight is 379 g/mol. The quantitative estimate of drug-likeness (QED) is 0.771. The third kappa shape index (κ3) is 5.15. The molecular formula is C18H25N3O4S. The van der Waals surface area contributed by atoms with E-state index >= 15 is 0 Å². The lowest BCUT2D eigenvalue weighted by molar-refractivity contribution is -0.137. The first-order valence-electron chi connectivity index (χ1n) is 8.22. The van der Waals surface area contributed by atoms with E-state index in [-0.39, 0.29) is 17.3 Å². The van der Waals surface area contributed by atoms with Crippen LogP contribution in [-0.2, 0) is 22.3 Å². The summed E-state index contributed by atoms with van der Waals surface area (Å²) in [5.41, 5.74) is 2.56. The summed E-state index contributed by atoms with van der Waals surface area (Å²) < 4.78 is 21.9. The lowest BCUT2D eigenvalue weighted by Crippen LogP contribution is -2.34. The molecule has 2 rings (SSSR count). The van der Waals surface area contributed by atoms with E-state index in [1.54, 1.807) is 19.5 Å². The van der Waals surface area contributed by atoms with Crippen LogP contribution in [0.3, 0.4) is 0 Å². The Morgan fingerprint density at radius 2 is 2.04 bits per heavy atom. The normalized spacial score (nSPS) is 14.0. The number of hydrogen-bond acceptors (Lipinski definition) is 4. The Hall–Kier alpha value is -2.19. The summed E-state index contributed by atoms with van der Waals surface area (Å²) in [6.45, 7) is 7.49. The van der Waals surface area contributed by atoms with Crippen LogP contribution in [0, 0.1) is 0 Å². The van der Waals surface area contributed by atoms with Gasteiger partial charge in [-0.05, 0) is 57.0 Å². The van der Waals surface area contributed by atoms with E-state index in [2.05, 4.69) is 9.82 Å². The van der Waals surface area contributed by atoms with Crippen molar-refractivity contribution < 1.29 is 18.8 Å². The van der Waals surface area contributed by atoms with Gasteiger partial charge in [-0.2, -0.15) is 5.10 Å². The van der Waals surface area contributed by atoms with Gasteiger partial charge in [-0.3, -0.25) is 9.48 Å². The van der Waals surface area contributed by atoms with E-state index in [0.29, 0.717) is 5.75 Å². The molecule has 0 bridgehead atoms. The van der Waals surface area contributed by atoms with E-state index in [9.17, 15) is 9.00 Å². The number of nitrogens with one attached hydrogen (secondary N) is 1. The van der Waals surface area contributed by atoms with Gasteiger partial charge in [-0.25, -0.2) is 8.93 Å². The highest BCUT2D eigenvalue weighted by molar-refractivity contribution is 7.84. The summed E-state index contributed by atoms with van der Waals surface area (Å²) in [5, 5.41) is 13.0. The number of methoxy groups -OCH3 is 1. The molecule has 26 heavy (non-hydrogen) atoms. The van der Waals surface area contributed by atoms with Gasteiger partial charge in [0.05, 0.1) is 29.0 Å². The maximum Gasteiger partial charge on any atom is 0.325 e. The van der Waals surface area contributed by atoms with Crippen molar-refractivity contribution in [1.29, 1.82) is 0 Å². The minimum atomic E-state index is -1.20. The number of benzene rings is 1. The first-order chi connectivity index (χ1) is 12.1. The van der Waals surface area contributed by atoms with E-state index in [4.69, 9.17) is 9.84 Å². The summed E-state index contributed by atoms with van der Waals surface area (Å²) in [5.74, 6) is -0.285. The molecular weight excluding hydrogens is 354 g/mol. The molecule has 1 aromatic carbocycles. The number of ether oxygens (including phenoxy) is 1. The zero-order chi connectivity index (χ0) is 19.5. The van der Waals surface area contributed by atoms with Gasteiger partial charge < -0.3 is 9.84 Å². The highest BCUT2D eigenvalue weighted by atomic mass is 32.2. The molecule has 2 N–H and O–H groups in total. The number of carboxylic acid groups (broad SMARTS) is 1. The highest BCUT2D eigenvalue weighted by Gasteiger charge is 2.22. The molecule has 0 aliphatic rings. The highest BCUT2D eigenvalue weighted by Crippen LogP contribution is 2.29. The van der Waals surface area contributed by atoms with Crippen molar-refractivity contribution in [2.24, 2.45) is 0 Å². The molecule has 0 spiro atoms. The molecule has 1 heterocycles. The Morgan fingerprint density at radius 1 is 1.35 bits per heavy atom. The van der Waals surface area contributed by atoms with Crippen LogP contribution in [0.4, 0.5) is 0 Å². The molecule has 8 heteroatoms. The Labute approximate surface area is 156 Å². The van der Waals surface area contributed by atoms with Crippen molar-refractivity contribution in [2.75, 3.05) is 7.11 Å². The predicted molar refractivity (Wildman–Crippen MR) is 101 cm³/mol. The van der Waals surface area contributed by atoms with Gasteiger partial charge in [-0.15, -0.1) is 0 Å². The zero-order valence-electron chi connectivity index (χ0n) is 15.6. The van der Waals surface area contributed by atoms with Crippen LogP contribution in [0.2, 0.25) is 0 Å². The zero-order valence-corrected chi connectivity index (χ0v) is 16.5. The Morgan fingerprint density at radius 3 is 2.62 bits per heavy atom. The molecule has 7 nitrogen and oxygen atoms in total. The second-order valence-electron chi connectivity index (χ2n) is 7.04. The van der Waals surface area contributed by atoms with Crippen molar-refractivity contribution in [2.45, 2.75) is 45.0 Å². The minimum absolute atomic E-state index is 0.155. The van der Waals surface area contributed by atoms with Crippen LogP contribution in [0.5, 0.6) is 5.75 Å². The Bertz CT molecular complexity index is 811. The molecule has 0 saturated heterocycles. The summed E-state index contributed by atoms with van der Waals surface area (Å²) in [7, 11) is 0.383. The number of carboxylic acids is 1. The fourth-order valence-corrected chi connectivity index (χ4v) is 3.11. The van der Waals surface area contributed by atoms with Crippen LogP contribution in [-0.4, -0.2) is 36.9 Å². The van der Waals surface area contributed by atoms with Crippen molar-refractivity contribution >= 4 is 17.0 Å². The van der Waals surface area contributed by atoms with E-state index < -0.39 is 17.0 Å². The SMILES string of the molecule is COc1cc(-c2cnn(CC(=O)O)c2)cc([C@@H](C)NS(=O)C(C)(C)C)c1. The largest absolute Gasteiger partial charge is 0.497 e. The molecule has 0 amide bonds. The van der Waals surface area contributed by atoms with Gasteiger partial charge in [0.1, 0.15) is 12.3 Å². The van der Waals surface area contributed by atoms with Crippen molar-refractivity contribution in [3.63, 3.8) is 0 Å². The number of carbonyl (C=O) groups is 1. The lowest BCUT2D eigenvalue weighted by atomic mass is 10.0. The topological polar surface area (TPSA) is 93.5 Å². The summed E-state index contributed by atoms with van der Waals surface area (Å²) >= 11 is 0. The number of nitrogens with zero attached hydrogens (tertiary/aromatic N) is 2. The monoisotopic (exact) mass is 379 g/mol. The molecule has 0 aliphatic carbocycles. The molecule has 0 fully saturated rings. The fraction of sp³-hybridized carbons (Fsp3) is 0.444. The summed E-state index contributed by atoms with van der Waals surface area (Å²) in [4.78, 5) is 10.8. The van der Waals surface area contributed by atoms with Crippen LogP contribution in [0.25, 0.3) is 11.1 Å². The van der Waals surface area contributed by atoms with Crippen LogP contribution in [0.15, 0.2) is 30.6 Å². The number of hydrogen-bond donors (Lipinski definition) is 2. The Kier molecular flexibility index (Phi) is 6.20. The number of aromatic nitrogens is 2. The van der Waals surface area contributed by atoms with Gasteiger partial charge in [-0.1, -0.05) is 0 Å². The summed E-state index contributed by atoms with van der Waals surface area (Å²) in [6, 6.07) is 5.56. The number of rotatable bonds is 7. The minimum Gasteiger partial charge on any atom is -0.497 e. The molecule has 142 valence electrons. The van der Waals surface area contributed by atoms with Gasteiger partial charge in [0.15, 0.2) is 0 Å². The van der Waals surface area contributed by atoms with Crippen LogP contribution in [0.1, 0.15) is 39.3 Å². The van der Waals surface area contributed by atoms with Crippen LogP contribution >= 0.6 is 0 Å². The number of aliphatic carboxylic acids is 1. The fourth-order valence-electron chi connectivity index (χ4n) is 2.30. The van der Waals surface area contributed by atoms with Crippen molar-refractivity contribution in [3.8, 4) is 16.9 Å². The molecule has 2 atom stereocenters. The van der Waals surface area contributed by atoms with Crippen molar-refractivity contribution in [1.82, 2.24) is 14.5 Å². The molecule has 0 radical (unpaired) electrons. The third-order valence-corrected chi connectivity index (χ3v) is 5.45. The molecule has 2 aromatic rings. The van der Waals surface area contributed by atoms with E-state index in [1.807, 2.05) is 45.9 Å². The maximum absolute atomic E-state index is 12.4. The Balaban J connectivity index is 2.32. The average Bonchev–Trinajstić information content (AvgIpc) is 3.01. The smallest absolute Gasteiger partial charge is 0.325 e. The first-order valence-corrected chi connectivity index (χ1v) is 9.37. The molecule has 1 aromatic heterocycles. The van der Waals surface area contributed by atoms with Gasteiger partial charge in [0, 0.05) is 17.8 Å².